The fourth-order valence-corrected chi connectivity index (χ4v) is 2.98. The summed E-state index contributed by atoms with van der Waals surface area (Å²) in [5.41, 5.74) is 0.453. The molecule has 0 aliphatic carbocycles. The number of methoxy groups -OCH3 is 3. The summed E-state index contributed by atoms with van der Waals surface area (Å²) in [5, 5.41) is 3.01. The van der Waals surface area contributed by atoms with Crippen LogP contribution in [0.5, 0.6) is 17.2 Å². The third kappa shape index (κ3) is 4.28. The Morgan fingerprint density at radius 2 is 1.83 bits per heavy atom. The number of nitrogens with one attached hydrogen (secondary N) is 1. The Hall–Kier alpha value is -1.95. The molecule has 1 fully saturated rings. The second kappa shape index (κ2) is 8.06. The van der Waals surface area contributed by atoms with E-state index in [0.717, 1.165) is 19.5 Å². The molecule has 6 heteroatoms. The highest BCUT2D eigenvalue weighted by atomic mass is 16.5. The molecule has 0 radical (unpaired) electrons. The Labute approximate surface area is 137 Å². The first-order valence-corrected chi connectivity index (χ1v) is 7.85. The third-order valence-corrected chi connectivity index (χ3v) is 4.22. The van der Waals surface area contributed by atoms with Crippen molar-refractivity contribution in [3.63, 3.8) is 0 Å². The zero-order valence-electron chi connectivity index (χ0n) is 14.3. The van der Waals surface area contributed by atoms with E-state index in [2.05, 4.69) is 17.3 Å². The van der Waals surface area contributed by atoms with Gasteiger partial charge in [-0.25, -0.2) is 0 Å². The van der Waals surface area contributed by atoms with Crippen molar-refractivity contribution >= 4 is 5.91 Å². The van der Waals surface area contributed by atoms with Gasteiger partial charge in [-0.05, 0) is 32.4 Å². The molecule has 0 spiro atoms. The lowest BCUT2D eigenvalue weighted by Gasteiger charge is -2.29. The molecule has 1 heterocycles. The zero-order valence-corrected chi connectivity index (χ0v) is 14.3. The molecule has 0 saturated carbocycles. The van der Waals surface area contributed by atoms with Crippen LogP contribution in [0.1, 0.15) is 23.2 Å². The molecule has 128 valence electrons. The van der Waals surface area contributed by atoms with Crippen LogP contribution in [0.15, 0.2) is 12.1 Å². The maximum Gasteiger partial charge on any atom is 0.255 e. The number of carbonyl (C=O) groups is 1. The highest BCUT2D eigenvalue weighted by Gasteiger charge is 2.21. The number of nitrogens with zero attached hydrogens (tertiary/aromatic N) is 1. The molecule has 6 nitrogen and oxygen atoms in total. The van der Waals surface area contributed by atoms with Crippen molar-refractivity contribution in [3.8, 4) is 17.2 Å². The number of hydrogen-bond donors (Lipinski definition) is 1. The van der Waals surface area contributed by atoms with Gasteiger partial charge < -0.3 is 24.4 Å². The molecular formula is C17H26N2O4. The predicted octanol–water partition coefficient (Wildman–Crippen LogP) is 1.78. The van der Waals surface area contributed by atoms with Gasteiger partial charge in [-0.15, -0.1) is 0 Å². The maximum atomic E-state index is 12.5. The van der Waals surface area contributed by atoms with E-state index in [0.29, 0.717) is 35.3 Å². The first-order valence-electron chi connectivity index (χ1n) is 7.85. The Bertz CT molecular complexity index is 548. The molecule has 2 rings (SSSR count). The van der Waals surface area contributed by atoms with E-state index in [1.807, 2.05) is 0 Å². The maximum absolute atomic E-state index is 12.5. The number of piperidine rings is 1. The lowest BCUT2D eigenvalue weighted by atomic mass is 9.98. The Balaban J connectivity index is 2.08. The van der Waals surface area contributed by atoms with Crippen molar-refractivity contribution < 1.29 is 19.0 Å². The van der Waals surface area contributed by atoms with Crippen molar-refractivity contribution in [2.75, 3.05) is 48.0 Å². The van der Waals surface area contributed by atoms with E-state index in [4.69, 9.17) is 14.2 Å². The van der Waals surface area contributed by atoms with Gasteiger partial charge in [0.15, 0.2) is 11.5 Å². The van der Waals surface area contributed by atoms with Crippen LogP contribution in [0.2, 0.25) is 0 Å². The highest BCUT2D eigenvalue weighted by molar-refractivity contribution is 5.97. The van der Waals surface area contributed by atoms with Crippen molar-refractivity contribution in [1.82, 2.24) is 10.2 Å². The van der Waals surface area contributed by atoms with Crippen molar-refractivity contribution in [2.45, 2.75) is 12.8 Å². The summed E-state index contributed by atoms with van der Waals surface area (Å²) in [6, 6.07) is 3.32. The number of amides is 1. The van der Waals surface area contributed by atoms with Gasteiger partial charge in [0.1, 0.15) is 5.75 Å². The van der Waals surface area contributed by atoms with Gasteiger partial charge in [-0.2, -0.15) is 0 Å². The van der Waals surface area contributed by atoms with E-state index in [1.54, 1.807) is 26.4 Å². The van der Waals surface area contributed by atoms with Crippen LogP contribution < -0.4 is 19.5 Å². The largest absolute Gasteiger partial charge is 0.496 e. The summed E-state index contributed by atoms with van der Waals surface area (Å²) in [7, 11) is 6.75. The van der Waals surface area contributed by atoms with Gasteiger partial charge in [0.25, 0.3) is 5.91 Å². The lowest BCUT2D eigenvalue weighted by molar-refractivity contribution is 0.0933. The lowest BCUT2D eigenvalue weighted by Crippen LogP contribution is -2.39. The quantitative estimate of drug-likeness (QED) is 0.865. The van der Waals surface area contributed by atoms with Crippen LogP contribution in [-0.2, 0) is 0 Å². The van der Waals surface area contributed by atoms with Gasteiger partial charge in [0.2, 0.25) is 0 Å². The molecule has 1 N–H and O–H groups in total. The molecule has 0 unspecified atom stereocenters. The standard InChI is InChI=1S/C17H26N2O4/c1-19-7-5-6-12(11-19)10-18-17(20)13-8-15(22-3)16(23-4)9-14(13)21-2/h8-9,12H,5-7,10-11H2,1-4H3,(H,18,20)/t12-/m0/s1. The van der Waals surface area contributed by atoms with E-state index >= 15 is 0 Å². The molecule has 0 bridgehead atoms. The van der Waals surface area contributed by atoms with Gasteiger partial charge in [0.05, 0.1) is 26.9 Å². The average Bonchev–Trinajstić information content (AvgIpc) is 2.58. The molecule has 1 aromatic carbocycles. The first-order chi connectivity index (χ1) is 11.1. The van der Waals surface area contributed by atoms with Crippen LogP contribution in [0, 0.1) is 5.92 Å². The van der Waals surface area contributed by atoms with Crippen LogP contribution in [0.3, 0.4) is 0 Å². The molecule has 0 aromatic heterocycles. The van der Waals surface area contributed by atoms with E-state index in [-0.39, 0.29) is 5.91 Å². The van der Waals surface area contributed by atoms with Gasteiger partial charge in [0, 0.05) is 25.2 Å². The highest BCUT2D eigenvalue weighted by Crippen LogP contribution is 2.34. The SMILES string of the molecule is COc1cc(OC)c(C(=O)NC[C@@H]2CCCN(C)C2)cc1OC. The van der Waals surface area contributed by atoms with Crippen LogP contribution in [-0.4, -0.2) is 58.8 Å². The number of likely N-dealkylation sites (tertiary alicyclic amines) is 1. The molecule has 1 amide bonds. The number of benzene rings is 1. The second-order valence-electron chi connectivity index (χ2n) is 5.89. The summed E-state index contributed by atoms with van der Waals surface area (Å²) in [6.07, 6.45) is 2.32. The van der Waals surface area contributed by atoms with E-state index in [1.165, 1.54) is 13.5 Å². The van der Waals surface area contributed by atoms with Crippen LogP contribution >= 0.6 is 0 Å². The molecule has 1 aliphatic heterocycles. The number of carbonyl (C=O) groups excluding carboxylic acids is 1. The molecule has 1 atom stereocenters. The number of ether oxygens (including phenoxy) is 3. The summed E-state index contributed by atoms with van der Waals surface area (Å²) in [6.45, 7) is 2.82. The fraction of sp³-hybridized carbons (Fsp3) is 0.588. The molecular weight excluding hydrogens is 296 g/mol. The topological polar surface area (TPSA) is 60.0 Å². The Morgan fingerprint density at radius 3 is 2.43 bits per heavy atom. The van der Waals surface area contributed by atoms with E-state index in [9.17, 15) is 4.79 Å². The minimum Gasteiger partial charge on any atom is -0.496 e. The first kappa shape index (κ1) is 17.4. The molecule has 1 aliphatic rings. The van der Waals surface area contributed by atoms with Crippen molar-refractivity contribution in [2.24, 2.45) is 5.92 Å². The summed E-state index contributed by atoms with van der Waals surface area (Å²) in [5.74, 6) is 1.85. The predicted molar refractivity (Wildman–Crippen MR) is 88.7 cm³/mol. The minimum atomic E-state index is -0.156. The monoisotopic (exact) mass is 322 g/mol. The Kier molecular flexibility index (Phi) is 6.10. The fourth-order valence-electron chi connectivity index (χ4n) is 2.98. The van der Waals surface area contributed by atoms with Gasteiger partial charge >= 0.3 is 0 Å². The van der Waals surface area contributed by atoms with Crippen molar-refractivity contribution in [3.05, 3.63) is 17.7 Å². The van der Waals surface area contributed by atoms with Crippen LogP contribution in [0.4, 0.5) is 0 Å². The van der Waals surface area contributed by atoms with Crippen LogP contribution in [0.25, 0.3) is 0 Å². The molecule has 23 heavy (non-hydrogen) atoms. The van der Waals surface area contributed by atoms with Gasteiger partial charge in [-0.3, -0.25) is 4.79 Å². The number of hydrogen-bond acceptors (Lipinski definition) is 5. The van der Waals surface area contributed by atoms with E-state index < -0.39 is 0 Å². The summed E-state index contributed by atoms with van der Waals surface area (Å²) >= 11 is 0. The smallest absolute Gasteiger partial charge is 0.255 e. The minimum absolute atomic E-state index is 0.156. The Morgan fingerprint density at radius 1 is 1.17 bits per heavy atom. The average molecular weight is 322 g/mol. The molecule has 1 aromatic rings. The normalized spacial score (nSPS) is 18.3. The zero-order chi connectivity index (χ0) is 16.8. The van der Waals surface area contributed by atoms with Gasteiger partial charge in [-0.1, -0.05) is 0 Å². The molecule has 1 saturated heterocycles. The summed E-state index contributed by atoms with van der Waals surface area (Å²) in [4.78, 5) is 14.8. The third-order valence-electron chi connectivity index (χ3n) is 4.22. The number of rotatable bonds is 6. The summed E-state index contributed by atoms with van der Waals surface area (Å²) < 4.78 is 15.8. The van der Waals surface area contributed by atoms with Crippen molar-refractivity contribution in [1.29, 1.82) is 0 Å². The second-order valence-corrected chi connectivity index (χ2v) is 5.89.